The largest absolute Gasteiger partial charge is 0.331 e. The quantitative estimate of drug-likeness (QED) is 0.478. The molecular weight excluding hydrogens is 232 g/mol. The van der Waals surface area contributed by atoms with Crippen molar-refractivity contribution >= 4 is 35.4 Å². The van der Waals surface area contributed by atoms with Crippen LogP contribution in [0.15, 0.2) is 0 Å². The summed E-state index contributed by atoms with van der Waals surface area (Å²) in [6.45, 7) is 3.38. The Balaban J connectivity index is 4.80. The van der Waals surface area contributed by atoms with Gasteiger partial charge in [-0.2, -0.15) is 11.8 Å². The van der Waals surface area contributed by atoms with Gasteiger partial charge in [0.2, 0.25) is 11.0 Å². The zero-order valence-corrected chi connectivity index (χ0v) is 11.2. The van der Waals surface area contributed by atoms with Gasteiger partial charge in [-0.3, -0.25) is 14.9 Å². The number of thioether (sulfide) groups is 1. The third-order valence-corrected chi connectivity index (χ3v) is 3.53. The van der Waals surface area contributed by atoms with E-state index in [4.69, 9.17) is 0 Å². The SMILES string of the molecule is CN[C@](CC(C)SC)(NC(C)=O)C(=O)S. The zero-order valence-electron chi connectivity index (χ0n) is 9.46. The lowest BCUT2D eigenvalue weighted by molar-refractivity contribution is -0.127. The normalized spacial score (nSPS) is 16.6. The van der Waals surface area contributed by atoms with E-state index in [1.54, 1.807) is 18.8 Å². The van der Waals surface area contributed by atoms with E-state index < -0.39 is 5.66 Å². The maximum absolute atomic E-state index is 11.5. The lowest BCUT2D eigenvalue weighted by atomic mass is 10.1. The zero-order chi connectivity index (χ0) is 12.1. The van der Waals surface area contributed by atoms with Gasteiger partial charge < -0.3 is 5.32 Å². The summed E-state index contributed by atoms with van der Waals surface area (Å²) >= 11 is 5.46. The molecule has 0 aromatic heterocycles. The van der Waals surface area contributed by atoms with Gasteiger partial charge in [-0.1, -0.05) is 6.92 Å². The number of likely N-dealkylation sites (N-methyl/N-ethyl adjacent to an activating group) is 1. The van der Waals surface area contributed by atoms with Crippen molar-refractivity contribution in [2.45, 2.75) is 31.2 Å². The molecule has 4 nitrogen and oxygen atoms in total. The van der Waals surface area contributed by atoms with Crippen LogP contribution in [0.25, 0.3) is 0 Å². The summed E-state index contributed by atoms with van der Waals surface area (Å²) in [5.74, 6) is -0.250. The number of amides is 1. The number of carbonyl (C=O) groups excluding carboxylic acids is 2. The van der Waals surface area contributed by atoms with Crippen LogP contribution in [-0.2, 0) is 9.59 Å². The predicted octanol–water partition coefficient (Wildman–Crippen LogP) is 0.636. The Hall–Kier alpha value is -0.200. The molecule has 0 rings (SSSR count). The molecule has 0 aliphatic rings. The second-order valence-corrected chi connectivity index (χ2v) is 5.07. The fourth-order valence-electron chi connectivity index (χ4n) is 1.28. The number of nitrogens with one attached hydrogen (secondary N) is 2. The third kappa shape index (κ3) is 4.44. The van der Waals surface area contributed by atoms with Crippen LogP contribution in [0, 0.1) is 0 Å². The first kappa shape index (κ1) is 14.8. The average molecular weight is 250 g/mol. The second-order valence-electron chi connectivity index (χ2n) is 3.39. The molecule has 0 aromatic rings. The topological polar surface area (TPSA) is 58.2 Å². The molecule has 0 heterocycles. The van der Waals surface area contributed by atoms with Gasteiger partial charge in [0, 0.05) is 18.6 Å². The fraction of sp³-hybridized carbons (Fsp3) is 0.778. The minimum absolute atomic E-state index is 0.250. The highest BCUT2D eigenvalue weighted by atomic mass is 32.2. The van der Waals surface area contributed by atoms with Crippen LogP contribution in [0.3, 0.4) is 0 Å². The Kier molecular flexibility index (Phi) is 6.31. The minimum Gasteiger partial charge on any atom is -0.331 e. The highest BCUT2D eigenvalue weighted by molar-refractivity contribution is 7.99. The van der Waals surface area contributed by atoms with Crippen molar-refractivity contribution in [2.24, 2.45) is 0 Å². The number of carbonyl (C=O) groups is 2. The maximum atomic E-state index is 11.5. The molecule has 1 amide bonds. The van der Waals surface area contributed by atoms with Crippen molar-refractivity contribution < 1.29 is 9.59 Å². The van der Waals surface area contributed by atoms with E-state index in [-0.39, 0.29) is 16.3 Å². The van der Waals surface area contributed by atoms with Crippen LogP contribution in [-0.4, -0.2) is 35.2 Å². The first-order chi connectivity index (χ1) is 6.88. The number of hydrogen-bond acceptors (Lipinski definition) is 4. The monoisotopic (exact) mass is 250 g/mol. The standard InChI is InChI=1S/C9H18N2O2S2/c1-6(15-4)5-9(10-3,8(13)14)11-7(2)12/h6,10H,5H2,1-4H3,(H,11,12)(H,13,14)/t6?,9-/m1/s1. The smallest absolute Gasteiger partial charge is 0.226 e. The first-order valence-electron chi connectivity index (χ1n) is 4.61. The van der Waals surface area contributed by atoms with E-state index in [0.29, 0.717) is 6.42 Å². The molecule has 15 heavy (non-hydrogen) atoms. The second kappa shape index (κ2) is 6.40. The number of hydrogen-bond donors (Lipinski definition) is 3. The summed E-state index contributed by atoms with van der Waals surface area (Å²) in [5.41, 5.74) is -1.06. The van der Waals surface area contributed by atoms with Crippen LogP contribution in [0.5, 0.6) is 0 Å². The van der Waals surface area contributed by atoms with Crippen molar-refractivity contribution in [2.75, 3.05) is 13.3 Å². The lowest BCUT2D eigenvalue weighted by Crippen LogP contribution is -2.62. The molecule has 2 N–H and O–H groups in total. The van der Waals surface area contributed by atoms with Gasteiger partial charge in [-0.25, -0.2) is 0 Å². The van der Waals surface area contributed by atoms with Gasteiger partial charge in [0.25, 0.3) is 0 Å². The number of thiol groups is 1. The Bertz CT molecular complexity index is 248. The summed E-state index contributed by atoms with van der Waals surface area (Å²) < 4.78 is 0. The maximum Gasteiger partial charge on any atom is 0.226 e. The van der Waals surface area contributed by atoms with Crippen molar-refractivity contribution in [3.05, 3.63) is 0 Å². The highest BCUT2D eigenvalue weighted by Crippen LogP contribution is 2.20. The van der Waals surface area contributed by atoms with E-state index in [1.165, 1.54) is 6.92 Å². The molecule has 6 heteroatoms. The molecule has 0 bridgehead atoms. The van der Waals surface area contributed by atoms with E-state index in [1.807, 2.05) is 13.2 Å². The van der Waals surface area contributed by atoms with Crippen LogP contribution < -0.4 is 10.6 Å². The van der Waals surface area contributed by atoms with E-state index in [2.05, 4.69) is 23.3 Å². The molecule has 88 valence electrons. The fourth-order valence-corrected chi connectivity index (χ4v) is 1.95. The number of rotatable bonds is 6. The third-order valence-electron chi connectivity index (χ3n) is 2.18. The summed E-state index contributed by atoms with van der Waals surface area (Å²) in [5, 5.41) is 5.34. The van der Waals surface area contributed by atoms with Gasteiger partial charge >= 0.3 is 0 Å². The molecule has 0 fully saturated rings. The molecule has 0 aliphatic carbocycles. The molecule has 1 unspecified atom stereocenters. The molecule has 0 aromatic carbocycles. The highest BCUT2D eigenvalue weighted by Gasteiger charge is 2.36. The molecule has 0 saturated carbocycles. The van der Waals surface area contributed by atoms with Gasteiger partial charge in [0.15, 0.2) is 5.66 Å². The van der Waals surface area contributed by atoms with E-state index in [9.17, 15) is 9.59 Å². The Labute approximate surface area is 100 Å². The summed E-state index contributed by atoms with van der Waals surface area (Å²) in [7, 11) is 1.64. The Morgan fingerprint density at radius 2 is 2.07 bits per heavy atom. The molecule has 2 atom stereocenters. The summed E-state index contributed by atoms with van der Waals surface area (Å²) in [6, 6.07) is 0. The van der Waals surface area contributed by atoms with Gasteiger partial charge in [-0.05, 0) is 13.3 Å². The molecule has 0 spiro atoms. The van der Waals surface area contributed by atoms with Crippen LogP contribution in [0.1, 0.15) is 20.3 Å². The predicted molar refractivity (Wildman–Crippen MR) is 67.2 cm³/mol. The Morgan fingerprint density at radius 1 is 1.53 bits per heavy atom. The summed E-state index contributed by atoms with van der Waals surface area (Å²) in [4.78, 5) is 22.5. The van der Waals surface area contributed by atoms with Crippen LogP contribution in [0.2, 0.25) is 0 Å². The van der Waals surface area contributed by atoms with Gasteiger partial charge in [0.1, 0.15) is 0 Å². The lowest BCUT2D eigenvalue weighted by Gasteiger charge is -2.32. The van der Waals surface area contributed by atoms with Crippen molar-refractivity contribution in [3.8, 4) is 0 Å². The average Bonchev–Trinajstić information content (AvgIpc) is 2.15. The molecule has 0 saturated heterocycles. The van der Waals surface area contributed by atoms with Crippen molar-refractivity contribution in [1.29, 1.82) is 0 Å². The molecular formula is C9H18N2O2S2. The summed E-state index contributed by atoms with van der Waals surface area (Å²) in [6.07, 6.45) is 2.47. The molecule has 0 aliphatic heterocycles. The van der Waals surface area contributed by atoms with Gasteiger partial charge in [-0.15, -0.1) is 12.6 Å². The van der Waals surface area contributed by atoms with Crippen LogP contribution >= 0.6 is 24.4 Å². The minimum atomic E-state index is -1.06. The van der Waals surface area contributed by atoms with E-state index in [0.717, 1.165) is 0 Å². The first-order valence-corrected chi connectivity index (χ1v) is 6.35. The van der Waals surface area contributed by atoms with Crippen molar-refractivity contribution in [3.63, 3.8) is 0 Å². The van der Waals surface area contributed by atoms with E-state index >= 15 is 0 Å². The van der Waals surface area contributed by atoms with Crippen molar-refractivity contribution in [1.82, 2.24) is 10.6 Å². The van der Waals surface area contributed by atoms with Crippen LogP contribution in [0.4, 0.5) is 0 Å². The molecule has 0 radical (unpaired) electrons. The van der Waals surface area contributed by atoms with Gasteiger partial charge in [0.05, 0.1) is 0 Å². The Morgan fingerprint density at radius 3 is 2.33 bits per heavy atom.